The third-order valence-corrected chi connectivity index (χ3v) is 1.69. The molecule has 0 spiro atoms. The maximum Gasteiger partial charge on any atom is 0.318 e. The predicted octanol–water partition coefficient (Wildman–Crippen LogP) is 1.45. The number of phenols is 1. The average Bonchev–Trinajstić information content (AvgIpc) is 2.09. The number of amides is 2. The number of aromatic hydroxyl groups is 1. The summed E-state index contributed by atoms with van der Waals surface area (Å²) in [4.78, 5) is 10.9. The second kappa shape index (κ2) is 3.80. The Morgan fingerprint density at radius 3 is 2.69 bits per heavy atom. The first-order valence-corrected chi connectivity index (χ1v) is 3.92. The number of benzene rings is 1. The van der Waals surface area contributed by atoms with E-state index in [0.29, 0.717) is 5.69 Å². The minimum atomic E-state index is -0.270. The van der Waals surface area contributed by atoms with Gasteiger partial charge in [0, 0.05) is 12.7 Å². The highest BCUT2D eigenvalue weighted by Crippen LogP contribution is 2.19. The SMILES string of the molecule is CNC(=O)Nc1ccc(O)cc1C. The molecule has 70 valence electrons. The Balaban J connectivity index is 2.83. The van der Waals surface area contributed by atoms with E-state index in [4.69, 9.17) is 5.11 Å². The number of nitrogens with one attached hydrogen (secondary N) is 2. The summed E-state index contributed by atoms with van der Waals surface area (Å²) in [5, 5.41) is 14.2. The van der Waals surface area contributed by atoms with Crippen LogP contribution in [0.15, 0.2) is 18.2 Å². The zero-order chi connectivity index (χ0) is 9.84. The van der Waals surface area contributed by atoms with Gasteiger partial charge < -0.3 is 15.7 Å². The quantitative estimate of drug-likeness (QED) is 0.573. The molecular formula is C9H12N2O2. The van der Waals surface area contributed by atoms with Crippen LogP contribution in [0, 0.1) is 6.92 Å². The number of anilines is 1. The molecule has 2 amide bonds. The van der Waals surface area contributed by atoms with E-state index < -0.39 is 0 Å². The minimum absolute atomic E-state index is 0.194. The summed E-state index contributed by atoms with van der Waals surface area (Å²) < 4.78 is 0. The molecule has 4 heteroatoms. The van der Waals surface area contributed by atoms with Crippen molar-refractivity contribution in [2.24, 2.45) is 0 Å². The number of phenolic OH excluding ortho intramolecular Hbond substituents is 1. The number of carbonyl (C=O) groups is 1. The van der Waals surface area contributed by atoms with E-state index in [9.17, 15) is 4.79 Å². The van der Waals surface area contributed by atoms with Gasteiger partial charge in [-0.25, -0.2) is 4.79 Å². The van der Waals surface area contributed by atoms with E-state index in [1.807, 2.05) is 6.92 Å². The van der Waals surface area contributed by atoms with Crippen molar-refractivity contribution in [3.8, 4) is 5.75 Å². The first kappa shape index (κ1) is 9.38. The fourth-order valence-electron chi connectivity index (χ4n) is 0.973. The molecule has 1 aromatic rings. The van der Waals surface area contributed by atoms with Crippen LogP contribution in [0.1, 0.15) is 5.56 Å². The maximum absolute atomic E-state index is 10.9. The molecule has 0 aliphatic heterocycles. The average molecular weight is 180 g/mol. The fraction of sp³-hybridized carbons (Fsp3) is 0.222. The van der Waals surface area contributed by atoms with Crippen molar-refractivity contribution in [3.63, 3.8) is 0 Å². The third kappa shape index (κ3) is 2.37. The van der Waals surface area contributed by atoms with Crippen molar-refractivity contribution in [1.29, 1.82) is 0 Å². The molecule has 0 fully saturated rings. The molecule has 3 N–H and O–H groups in total. The molecule has 13 heavy (non-hydrogen) atoms. The Kier molecular flexibility index (Phi) is 2.74. The van der Waals surface area contributed by atoms with E-state index in [0.717, 1.165) is 5.56 Å². The van der Waals surface area contributed by atoms with Crippen molar-refractivity contribution in [1.82, 2.24) is 5.32 Å². The van der Waals surface area contributed by atoms with Crippen LogP contribution in [0.4, 0.5) is 10.5 Å². The van der Waals surface area contributed by atoms with Crippen molar-refractivity contribution < 1.29 is 9.90 Å². The number of hydrogen-bond acceptors (Lipinski definition) is 2. The lowest BCUT2D eigenvalue weighted by atomic mass is 10.2. The number of rotatable bonds is 1. The first-order chi connectivity index (χ1) is 6.13. The van der Waals surface area contributed by atoms with E-state index in [1.165, 1.54) is 6.07 Å². The van der Waals surface area contributed by atoms with E-state index in [1.54, 1.807) is 19.2 Å². The van der Waals surface area contributed by atoms with E-state index >= 15 is 0 Å². The Labute approximate surface area is 76.6 Å². The monoisotopic (exact) mass is 180 g/mol. The Bertz CT molecular complexity index is 323. The summed E-state index contributed by atoms with van der Waals surface area (Å²) >= 11 is 0. The van der Waals surface area contributed by atoms with Crippen molar-refractivity contribution in [3.05, 3.63) is 23.8 Å². The van der Waals surface area contributed by atoms with Crippen LogP contribution in [0.25, 0.3) is 0 Å². The van der Waals surface area contributed by atoms with Crippen LogP contribution in [0.3, 0.4) is 0 Å². The summed E-state index contributed by atoms with van der Waals surface area (Å²) in [6.07, 6.45) is 0. The molecule has 0 unspecified atom stereocenters. The summed E-state index contributed by atoms with van der Waals surface area (Å²) in [6.45, 7) is 1.81. The van der Waals surface area contributed by atoms with Crippen LogP contribution in [-0.2, 0) is 0 Å². The highest BCUT2D eigenvalue weighted by atomic mass is 16.3. The molecular weight excluding hydrogens is 168 g/mol. The smallest absolute Gasteiger partial charge is 0.318 e. The van der Waals surface area contributed by atoms with Crippen LogP contribution in [-0.4, -0.2) is 18.2 Å². The van der Waals surface area contributed by atoms with Gasteiger partial charge in [0.15, 0.2) is 0 Å². The Morgan fingerprint density at radius 1 is 1.46 bits per heavy atom. The Hall–Kier alpha value is -1.71. The number of carbonyl (C=O) groups excluding carboxylic acids is 1. The first-order valence-electron chi connectivity index (χ1n) is 3.92. The number of aryl methyl sites for hydroxylation is 1. The Morgan fingerprint density at radius 2 is 2.15 bits per heavy atom. The van der Waals surface area contributed by atoms with Crippen molar-refractivity contribution >= 4 is 11.7 Å². The van der Waals surface area contributed by atoms with Crippen LogP contribution in [0.2, 0.25) is 0 Å². The van der Waals surface area contributed by atoms with Gasteiger partial charge >= 0.3 is 6.03 Å². The van der Waals surface area contributed by atoms with Crippen LogP contribution >= 0.6 is 0 Å². The summed E-state index contributed by atoms with van der Waals surface area (Å²) in [5.41, 5.74) is 1.51. The lowest BCUT2D eigenvalue weighted by Crippen LogP contribution is -2.24. The van der Waals surface area contributed by atoms with Gasteiger partial charge in [-0.3, -0.25) is 0 Å². The molecule has 0 aromatic heterocycles. The van der Waals surface area contributed by atoms with Gasteiger partial charge in [-0.2, -0.15) is 0 Å². The highest BCUT2D eigenvalue weighted by Gasteiger charge is 2.01. The van der Waals surface area contributed by atoms with Gasteiger partial charge in [-0.05, 0) is 30.7 Å². The van der Waals surface area contributed by atoms with Gasteiger partial charge in [0.1, 0.15) is 5.75 Å². The molecule has 0 aliphatic rings. The van der Waals surface area contributed by atoms with Gasteiger partial charge in [-0.15, -0.1) is 0 Å². The van der Waals surface area contributed by atoms with E-state index in [-0.39, 0.29) is 11.8 Å². The number of urea groups is 1. The second-order valence-electron chi connectivity index (χ2n) is 2.70. The van der Waals surface area contributed by atoms with Crippen molar-refractivity contribution in [2.75, 3.05) is 12.4 Å². The summed E-state index contributed by atoms with van der Waals surface area (Å²) in [7, 11) is 1.55. The summed E-state index contributed by atoms with van der Waals surface area (Å²) in [5.74, 6) is 0.194. The molecule has 0 heterocycles. The van der Waals surface area contributed by atoms with Gasteiger partial charge in [0.25, 0.3) is 0 Å². The van der Waals surface area contributed by atoms with Crippen LogP contribution in [0.5, 0.6) is 5.75 Å². The van der Waals surface area contributed by atoms with Crippen LogP contribution < -0.4 is 10.6 Å². The zero-order valence-corrected chi connectivity index (χ0v) is 7.59. The summed E-state index contributed by atoms with van der Waals surface area (Å²) in [6, 6.07) is 4.50. The van der Waals surface area contributed by atoms with Crippen molar-refractivity contribution in [2.45, 2.75) is 6.92 Å². The zero-order valence-electron chi connectivity index (χ0n) is 7.59. The van der Waals surface area contributed by atoms with Gasteiger partial charge in [0.2, 0.25) is 0 Å². The molecule has 1 rings (SSSR count). The van der Waals surface area contributed by atoms with Gasteiger partial charge in [0.05, 0.1) is 0 Å². The molecule has 0 radical (unpaired) electrons. The van der Waals surface area contributed by atoms with Gasteiger partial charge in [-0.1, -0.05) is 0 Å². The lowest BCUT2D eigenvalue weighted by Gasteiger charge is -2.07. The largest absolute Gasteiger partial charge is 0.508 e. The molecule has 0 bridgehead atoms. The van der Waals surface area contributed by atoms with E-state index in [2.05, 4.69) is 10.6 Å². The number of hydrogen-bond donors (Lipinski definition) is 3. The molecule has 0 saturated heterocycles. The molecule has 4 nitrogen and oxygen atoms in total. The predicted molar refractivity (Wildman–Crippen MR) is 50.9 cm³/mol. The lowest BCUT2D eigenvalue weighted by molar-refractivity contribution is 0.254. The standard InChI is InChI=1S/C9H12N2O2/c1-6-5-7(12)3-4-8(6)11-9(13)10-2/h3-5,12H,1-2H3,(H2,10,11,13). The maximum atomic E-state index is 10.9. The third-order valence-electron chi connectivity index (χ3n) is 1.69. The molecule has 1 aromatic carbocycles. The molecule has 0 saturated carbocycles. The topological polar surface area (TPSA) is 61.4 Å². The fourth-order valence-corrected chi connectivity index (χ4v) is 0.973. The molecule has 0 atom stereocenters. The second-order valence-corrected chi connectivity index (χ2v) is 2.70. The normalized spacial score (nSPS) is 9.38. The highest BCUT2D eigenvalue weighted by molar-refractivity contribution is 5.89. The minimum Gasteiger partial charge on any atom is -0.508 e. The molecule has 0 aliphatic carbocycles.